The van der Waals surface area contributed by atoms with E-state index in [4.69, 9.17) is 0 Å². The molecule has 2 amide bonds. The molecule has 1 saturated heterocycles. The Balaban J connectivity index is 1.29. The van der Waals surface area contributed by atoms with Crippen molar-refractivity contribution < 1.29 is 14.0 Å². The van der Waals surface area contributed by atoms with E-state index in [1.54, 1.807) is 12.1 Å². The lowest BCUT2D eigenvalue weighted by atomic mass is 9.92. The van der Waals surface area contributed by atoms with Gasteiger partial charge in [-0.15, -0.1) is 11.3 Å². The van der Waals surface area contributed by atoms with Gasteiger partial charge in [-0.2, -0.15) is 0 Å². The van der Waals surface area contributed by atoms with Crippen LogP contribution in [0.5, 0.6) is 0 Å². The number of carbonyl (C=O) groups excluding carboxylic acids is 2. The van der Waals surface area contributed by atoms with Crippen LogP contribution in [0.25, 0.3) is 10.6 Å². The van der Waals surface area contributed by atoms with Crippen molar-refractivity contribution in [2.45, 2.75) is 70.8 Å². The summed E-state index contributed by atoms with van der Waals surface area (Å²) in [6.45, 7) is 3.19. The van der Waals surface area contributed by atoms with Crippen LogP contribution in [-0.4, -0.2) is 40.8 Å². The molecule has 0 unspecified atom stereocenters. The highest BCUT2D eigenvalue weighted by Crippen LogP contribution is 2.30. The second kappa shape index (κ2) is 10.6. The van der Waals surface area contributed by atoms with E-state index in [1.807, 2.05) is 11.8 Å². The molecule has 0 radical (unpaired) electrons. The number of likely N-dealkylation sites (tertiary alicyclic amines) is 1. The monoisotopic (exact) mass is 457 g/mol. The Morgan fingerprint density at radius 1 is 1.06 bits per heavy atom. The molecule has 32 heavy (non-hydrogen) atoms. The van der Waals surface area contributed by atoms with Crippen LogP contribution >= 0.6 is 11.3 Å². The summed E-state index contributed by atoms with van der Waals surface area (Å²) in [7, 11) is 0. The summed E-state index contributed by atoms with van der Waals surface area (Å²) in [6, 6.07) is 6.53. The minimum absolute atomic E-state index is 0.00900. The van der Waals surface area contributed by atoms with Crippen LogP contribution in [0.15, 0.2) is 24.3 Å². The summed E-state index contributed by atoms with van der Waals surface area (Å²) >= 11 is 1.36. The van der Waals surface area contributed by atoms with E-state index in [-0.39, 0.29) is 17.6 Å². The molecule has 2 aliphatic rings. The Morgan fingerprint density at radius 2 is 1.72 bits per heavy atom. The molecule has 0 bridgehead atoms. The summed E-state index contributed by atoms with van der Waals surface area (Å²) in [5.74, 6) is 0.227. The molecular weight excluding hydrogens is 425 g/mol. The van der Waals surface area contributed by atoms with Crippen LogP contribution in [0.1, 0.15) is 73.2 Å². The SMILES string of the molecule is Cc1nc(-c2ccc(F)cc2)sc1C(=O)N1CCC(CC(=O)NC2CCCCCC2)CC1. The maximum Gasteiger partial charge on any atom is 0.265 e. The van der Waals surface area contributed by atoms with Crippen molar-refractivity contribution in [3.63, 3.8) is 0 Å². The highest BCUT2D eigenvalue weighted by molar-refractivity contribution is 7.17. The molecule has 1 aromatic heterocycles. The van der Waals surface area contributed by atoms with E-state index in [1.165, 1.54) is 49.2 Å². The first-order chi connectivity index (χ1) is 15.5. The second-order valence-electron chi connectivity index (χ2n) is 9.14. The molecule has 1 aliphatic carbocycles. The van der Waals surface area contributed by atoms with Gasteiger partial charge in [0.1, 0.15) is 15.7 Å². The normalized spacial score (nSPS) is 18.4. The summed E-state index contributed by atoms with van der Waals surface area (Å²) in [4.78, 5) is 32.7. The van der Waals surface area contributed by atoms with Gasteiger partial charge in [-0.1, -0.05) is 25.7 Å². The molecule has 1 saturated carbocycles. The number of rotatable bonds is 5. The first-order valence-corrected chi connectivity index (χ1v) is 12.6. The van der Waals surface area contributed by atoms with Gasteiger partial charge in [0.05, 0.1) is 5.69 Å². The third-order valence-electron chi connectivity index (χ3n) is 6.68. The lowest BCUT2D eigenvalue weighted by Crippen LogP contribution is -2.40. The number of nitrogens with zero attached hydrogens (tertiary/aromatic N) is 2. The minimum Gasteiger partial charge on any atom is -0.353 e. The van der Waals surface area contributed by atoms with Gasteiger partial charge in [-0.05, 0) is 62.8 Å². The van der Waals surface area contributed by atoms with Crippen molar-refractivity contribution in [2.24, 2.45) is 5.92 Å². The smallest absolute Gasteiger partial charge is 0.265 e. The average molecular weight is 458 g/mol. The van der Waals surface area contributed by atoms with Crippen LogP contribution in [0, 0.1) is 18.7 Å². The molecule has 2 fully saturated rings. The third-order valence-corrected chi connectivity index (χ3v) is 7.87. The van der Waals surface area contributed by atoms with Gasteiger partial charge in [-0.3, -0.25) is 9.59 Å². The van der Waals surface area contributed by atoms with Gasteiger partial charge in [0, 0.05) is 31.1 Å². The standard InChI is InChI=1S/C25H32FN3O2S/c1-17-23(32-24(27-17)19-8-10-20(26)11-9-19)25(31)29-14-12-18(13-15-29)16-22(30)28-21-6-4-2-3-5-7-21/h8-11,18,21H,2-7,12-16H2,1H3,(H,28,30). The summed E-state index contributed by atoms with van der Waals surface area (Å²) in [6.07, 6.45) is 9.47. The fourth-order valence-corrected chi connectivity index (χ4v) is 5.81. The Labute approximate surface area is 193 Å². The number of halogens is 1. The Kier molecular flexibility index (Phi) is 7.55. The number of amides is 2. The Morgan fingerprint density at radius 3 is 2.38 bits per heavy atom. The molecule has 1 aliphatic heterocycles. The Bertz CT molecular complexity index is 927. The molecule has 2 aromatic rings. The van der Waals surface area contributed by atoms with E-state index in [0.29, 0.717) is 42.0 Å². The van der Waals surface area contributed by atoms with Gasteiger partial charge in [0.15, 0.2) is 0 Å². The minimum atomic E-state index is -0.288. The first kappa shape index (κ1) is 22.9. The zero-order valence-electron chi connectivity index (χ0n) is 18.7. The van der Waals surface area contributed by atoms with Crippen molar-refractivity contribution in [1.82, 2.24) is 15.2 Å². The van der Waals surface area contributed by atoms with Crippen molar-refractivity contribution in [3.8, 4) is 10.6 Å². The molecule has 4 rings (SSSR count). The number of hydrogen-bond acceptors (Lipinski definition) is 4. The number of aryl methyl sites for hydroxylation is 1. The lowest BCUT2D eigenvalue weighted by molar-refractivity contribution is -0.123. The molecule has 1 aromatic carbocycles. The van der Waals surface area contributed by atoms with Crippen molar-refractivity contribution in [2.75, 3.05) is 13.1 Å². The van der Waals surface area contributed by atoms with Crippen molar-refractivity contribution in [1.29, 1.82) is 0 Å². The highest BCUT2D eigenvalue weighted by atomic mass is 32.1. The maximum atomic E-state index is 13.2. The maximum absolute atomic E-state index is 13.2. The van der Waals surface area contributed by atoms with E-state index < -0.39 is 0 Å². The van der Waals surface area contributed by atoms with Crippen molar-refractivity contribution in [3.05, 3.63) is 40.7 Å². The lowest BCUT2D eigenvalue weighted by Gasteiger charge is -2.32. The number of thiazole rings is 1. The fourth-order valence-electron chi connectivity index (χ4n) is 4.77. The summed E-state index contributed by atoms with van der Waals surface area (Å²) in [5, 5.41) is 3.98. The van der Waals surface area contributed by atoms with Crippen LogP contribution < -0.4 is 5.32 Å². The van der Waals surface area contributed by atoms with Crippen molar-refractivity contribution >= 4 is 23.2 Å². The molecule has 0 atom stereocenters. The van der Waals surface area contributed by atoms with Gasteiger partial charge < -0.3 is 10.2 Å². The molecular formula is C25H32FN3O2S. The van der Waals surface area contributed by atoms with E-state index >= 15 is 0 Å². The van der Waals surface area contributed by atoms with Crippen LogP contribution in [0.4, 0.5) is 4.39 Å². The van der Waals surface area contributed by atoms with E-state index in [2.05, 4.69) is 10.3 Å². The first-order valence-electron chi connectivity index (χ1n) is 11.8. The Hall–Kier alpha value is -2.28. The predicted molar refractivity (Wildman–Crippen MR) is 125 cm³/mol. The van der Waals surface area contributed by atoms with Crippen LogP contribution in [-0.2, 0) is 4.79 Å². The van der Waals surface area contributed by atoms with Crippen LogP contribution in [0.3, 0.4) is 0 Å². The summed E-state index contributed by atoms with van der Waals surface area (Å²) in [5.41, 5.74) is 1.53. The van der Waals surface area contributed by atoms with Crippen LogP contribution in [0.2, 0.25) is 0 Å². The van der Waals surface area contributed by atoms with Gasteiger partial charge in [0.2, 0.25) is 5.91 Å². The van der Waals surface area contributed by atoms with Gasteiger partial charge in [-0.25, -0.2) is 9.37 Å². The molecule has 7 heteroatoms. The average Bonchev–Trinajstić information content (AvgIpc) is 2.99. The molecule has 172 valence electrons. The summed E-state index contributed by atoms with van der Waals surface area (Å²) < 4.78 is 13.2. The quantitative estimate of drug-likeness (QED) is 0.617. The second-order valence-corrected chi connectivity index (χ2v) is 10.1. The predicted octanol–water partition coefficient (Wildman–Crippen LogP) is 5.34. The number of benzene rings is 1. The molecule has 5 nitrogen and oxygen atoms in total. The van der Waals surface area contributed by atoms with E-state index in [9.17, 15) is 14.0 Å². The number of nitrogens with one attached hydrogen (secondary N) is 1. The number of hydrogen-bond donors (Lipinski definition) is 1. The molecule has 1 N–H and O–H groups in total. The number of aromatic nitrogens is 1. The zero-order valence-corrected chi connectivity index (χ0v) is 19.6. The molecule has 2 heterocycles. The van der Waals surface area contributed by atoms with Gasteiger partial charge in [0.25, 0.3) is 5.91 Å². The third kappa shape index (κ3) is 5.74. The topological polar surface area (TPSA) is 62.3 Å². The largest absolute Gasteiger partial charge is 0.353 e. The highest BCUT2D eigenvalue weighted by Gasteiger charge is 2.28. The zero-order chi connectivity index (χ0) is 22.5. The van der Waals surface area contributed by atoms with Gasteiger partial charge >= 0.3 is 0 Å². The van der Waals surface area contributed by atoms with E-state index in [0.717, 1.165) is 36.3 Å². The fraction of sp³-hybridized carbons (Fsp3) is 0.560. The molecule has 0 spiro atoms. The number of piperidine rings is 1. The number of carbonyl (C=O) groups is 2.